The molecule has 20 heavy (non-hydrogen) atoms. The minimum atomic E-state index is -0.152. The molecule has 104 valence electrons. The van der Waals surface area contributed by atoms with Crippen molar-refractivity contribution >= 4 is 23.3 Å². The summed E-state index contributed by atoms with van der Waals surface area (Å²) < 4.78 is 0. The molecule has 1 amide bonds. The van der Waals surface area contributed by atoms with Crippen LogP contribution < -0.4 is 11.1 Å². The zero-order valence-corrected chi connectivity index (χ0v) is 11.7. The molecule has 0 aliphatic heterocycles. The van der Waals surface area contributed by atoms with E-state index >= 15 is 0 Å². The van der Waals surface area contributed by atoms with E-state index < -0.39 is 0 Å². The van der Waals surface area contributed by atoms with E-state index in [9.17, 15) is 4.79 Å². The number of nitrogens with zero attached hydrogens (tertiary/aromatic N) is 1. The Morgan fingerprint density at radius 3 is 2.70 bits per heavy atom. The third-order valence-corrected chi connectivity index (χ3v) is 3.23. The first-order chi connectivity index (χ1) is 9.66. The second-order valence-electron chi connectivity index (χ2n) is 4.44. The van der Waals surface area contributed by atoms with Crippen LogP contribution in [-0.4, -0.2) is 10.9 Å². The number of anilines is 1. The molecule has 2 aromatic rings. The van der Waals surface area contributed by atoms with Crippen LogP contribution in [0.15, 0.2) is 48.7 Å². The van der Waals surface area contributed by atoms with Crippen molar-refractivity contribution in [2.45, 2.75) is 18.9 Å². The summed E-state index contributed by atoms with van der Waals surface area (Å²) in [5.41, 5.74) is 7.07. The first-order valence-electron chi connectivity index (χ1n) is 6.37. The van der Waals surface area contributed by atoms with E-state index in [-0.39, 0.29) is 11.9 Å². The minimum Gasteiger partial charge on any atom is -0.324 e. The van der Waals surface area contributed by atoms with E-state index in [0.29, 0.717) is 23.7 Å². The van der Waals surface area contributed by atoms with Crippen LogP contribution in [0.3, 0.4) is 0 Å². The van der Waals surface area contributed by atoms with Gasteiger partial charge in [-0.2, -0.15) is 0 Å². The number of nitrogens with one attached hydrogen (secondary N) is 1. The summed E-state index contributed by atoms with van der Waals surface area (Å²) in [6.07, 6.45) is 2.47. The van der Waals surface area contributed by atoms with Crippen molar-refractivity contribution in [3.05, 3.63) is 59.2 Å². The molecule has 0 spiro atoms. The molecule has 0 saturated heterocycles. The normalized spacial score (nSPS) is 11.9. The first-order valence-corrected chi connectivity index (χ1v) is 6.75. The van der Waals surface area contributed by atoms with Gasteiger partial charge in [-0.05, 0) is 24.1 Å². The second-order valence-corrected chi connectivity index (χ2v) is 4.85. The Morgan fingerprint density at radius 2 is 2.00 bits per heavy atom. The molecule has 1 atom stereocenters. The summed E-state index contributed by atoms with van der Waals surface area (Å²) in [6.45, 7) is 0. The second kappa shape index (κ2) is 7.03. The van der Waals surface area contributed by atoms with Gasteiger partial charge in [0.05, 0.1) is 5.02 Å². The number of nitrogens with two attached hydrogens (primary N) is 1. The molecule has 1 heterocycles. The zero-order chi connectivity index (χ0) is 14.4. The minimum absolute atomic E-state index is 0.142. The predicted molar refractivity (Wildman–Crippen MR) is 80.5 cm³/mol. The Kier molecular flexibility index (Phi) is 5.09. The van der Waals surface area contributed by atoms with E-state index in [1.807, 2.05) is 30.3 Å². The number of halogens is 1. The fraction of sp³-hybridized carbons (Fsp3) is 0.200. The van der Waals surface area contributed by atoms with Crippen LogP contribution in [0.2, 0.25) is 5.02 Å². The molecular weight excluding hydrogens is 274 g/mol. The van der Waals surface area contributed by atoms with Crippen molar-refractivity contribution in [2.24, 2.45) is 5.73 Å². The van der Waals surface area contributed by atoms with Crippen LogP contribution in [0.4, 0.5) is 5.82 Å². The van der Waals surface area contributed by atoms with Crippen LogP contribution in [0.25, 0.3) is 0 Å². The number of carbonyl (C=O) groups excluding carboxylic acids is 1. The molecule has 1 aromatic heterocycles. The molecule has 1 aromatic carbocycles. The van der Waals surface area contributed by atoms with Crippen molar-refractivity contribution in [1.82, 2.24) is 4.98 Å². The van der Waals surface area contributed by atoms with Gasteiger partial charge < -0.3 is 11.1 Å². The van der Waals surface area contributed by atoms with Gasteiger partial charge in [0.15, 0.2) is 5.82 Å². The van der Waals surface area contributed by atoms with Crippen molar-refractivity contribution in [3.8, 4) is 0 Å². The van der Waals surface area contributed by atoms with Gasteiger partial charge >= 0.3 is 0 Å². The molecule has 2 rings (SSSR count). The number of pyridine rings is 1. The number of aromatic nitrogens is 1. The van der Waals surface area contributed by atoms with Crippen LogP contribution >= 0.6 is 11.6 Å². The highest BCUT2D eigenvalue weighted by atomic mass is 35.5. The van der Waals surface area contributed by atoms with Crippen molar-refractivity contribution in [3.63, 3.8) is 0 Å². The van der Waals surface area contributed by atoms with Crippen molar-refractivity contribution in [1.29, 1.82) is 0 Å². The maximum Gasteiger partial charge on any atom is 0.225 e. The van der Waals surface area contributed by atoms with E-state index in [4.69, 9.17) is 17.3 Å². The van der Waals surface area contributed by atoms with Gasteiger partial charge in [-0.3, -0.25) is 4.79 Å². The van der Waals surface area contributed by atoms with Crippen LogP contribution in [0.1, 0.15) is 24.4 Å². The number of hydrogen-bond donors (Lipinski definition) is 2. The maximum atomic E-state index is 11.8. The lowest BCUT2D eigenvalue weighted by molar-refractivity contribution is -0.116. The molecule has 0 fully saturated rings. The maximum absolute atomic E-state index is 11.8. The number of rotatable bonds is 5. The molecule has 3 N–H and O–H groups in total. The molecule has 0 radical (unpaired) electrons. The van der Waals surface area contributed by atoms with Gasteiger partial charge in [0, 0.05) is 18.7 Å². The monoisotopic (exact) mass is 289 g/mol. The average Bonchev–Trinajstić information content (AvgIpc) is 2.48. The molecule has 0 aliphatic rings. The number of benzene rings is 1. The lowest BCUT2D eigenvalue weighted by Gasteiger charge is -2.12. The quantitative estimate of drug-likeness (QED) is 0.888. The summed E-state index contributed by atoms with van der Waals surface area (Å²) in [7, 11) is 0. The highest BCUT2D eigenvalue weighted by Crippen LogP contribution is 2.19. The van der Waals surface area contributed by atoms with E-state index in [0.717, 1.165) is 5.56 Å². The fourth-order valence-corrected chi connectivity index (χ4v) is 1.99. The van der Waals surface area contributed by atoms with E-state index in [1.165, 1.54) is 0 Å². The summed E-state index contributed by atoms with van der Waals surface area (Å²) in [5, 5.41) is 3.10. The molecule has 0 aliphatic carbocycles. The highest BCUT2D eigenvalue weighted by molar-refractivity contribution is 6.33. The Morgan fingerprint density at radius 1 is 1.25 bits per heavy atom. The van der Waals surface area contributed by atoms with Crippen LogP contribution in [0, 0.1) is 0 Å². The van der Waals surface area contributed by atoms with Gasteiger partial charge in [0.1, 0.15) is 0 Å². The lowest BCUT2D eigenvalue weighted by atomic mass is 10.0. The fourth-order valence-electron chi connectivity index (χ4n) is 1.83. The summed E-state index contributed by atoms with van der Waals surface area (Å²) in [6, 6.07) is 13.0. The third kappa shape index (κ3) is 4.05. The van der Waals surface area contributed by atoms with Gasteiger partial charge in [0.25, 0.3) is 0 Å². The Balaban J connectivity index is 1.85. The largest absolute Gasteiger partial charge is 0.324 e. The SMILES string of the molecule is NC(CCC(=O)Nc1ncccc1Cl)c1ccccc1. The molecule has 0 bridgehead atoms. The van der Waals surface area contributed by atoms with Gasteiger partial charge in [-0.15, -0.1) is 0 Å². The Hall–Kier alpha value is -1.91. The van der Waals surface area contributed by atoms with Gasteiger partial charge in [-0.25, -0.2) is 4.98 Å². The third-order valence-electron chi connectivity index (χ3n) is 2.93. The van der Waals surface area contributed by atoms with Crippen molar-refractivity contribution in [2.75, 3.05) is 5.32 Å². The first kappa shape index (κ1) is 14.5. The van der Waals surface area contributed by atoms with Crippen LogP contribution in [-0.2, 0) is 4.79 Å². The molecule has 5 heteroatoms. The predicted octanol–water partition coefficient (Wildman–Crippen LogP) is 3.15. The zero-order valence-electron chi connectivity index (χ0n) is 10.9. The number of amides is 1. The number of carbonyl (C=O) groups is 1. The lowest BCUT2D eigenvalue weighted by Crippen LogP contribution is -2.17. The summed E-state index contributed by atoms with van der Waals surface area (Å²) in [4.78, 5) is 15.8. The Bertz CT molecular complexity index is 574. The molecule has 0 saturated carbocycles. The van der Waals surface area contributed by atoms with E-state index in [1.54, 1.807) is 18.3 Å². The standard InChI is InChI=1S/C15H16ClN3O/c16-12-7-4-10-18-15(12)19-14(20)9-8-13(17)11-5-2-1-3-6-11/h1-7,10,13H,8-9,17H2,(H,18,19,20). The van der Waals surface area contributed by atoms with E-state index in [2.05, 4.69) is 10.3 Å². The van der Waals surface area contributed by atoms with Crippen LogP contribution in [0.5, 0.6) is 0 Å². The van der Waals surface area contributed by atoms with Gasteiger partial charge in [-0.1, -0.05) is 41.9 Å². The highest BCUT2D eigenvalue weighted by Gasteiger charge is 2.10. The topological polar surface area (TPSA) is 68.0 Å². The summed E-state index contributed by atoms with van der Waals surface area (Å²) in [5.74, 6) is 0.240. The smallest absolute Gasteiger partial charge is 0.225 e. The number of hydrogen-bond acceptors (Lipinski definition) is 3. The Labute approximate surface area is 123 Å². The average molecular weight is 290 g/mol. The molecular formula is C15H16ClN3O. The van der Waals surface area contributed by atoms with Crippen molar-refractivity contribution < 1.29 is 4.79 Å². The molecule has 1 unspecified atom stereocenters. The molecule has 4 nitrogen and oxygen atoms in total. The summed E-state index contributed by atoms with van der Waals surface area (Å²) >= 11 is 5.93. The van der Waals surface area contributed by atoms with Gasteiger partial charge in [0.2, 0.25) is 5.91 Å².